The van der Waals surface area contributed by atoms with Crippen molar-refractivity contribution in [2.75, 3.05) is 11.9 Å². The van der Waals surface area contributed by atoms with Crippen LogP contribution in [0.5, 0.6) is 0 Å². The smallest absolute Gasteiger partial charge is 0.324 e. The fourth-order valence-electron chi connectivity index (χ4n) is 3.01. The first-order chi connectivity index (χ1) is 11.9. The summed E-state index contributed by atoms with van der Waals surface area (Å²) in [6.07, 6.45) is 0.963. The first-order valence-electron chi connectivity index (χ1n) is 8.13. The fraction of sp³-hybridized carbons (Fsp3) is 0.438. The molecule has 0 aliphatic carbocycles. The van der Waals surface area contributed by atoms with E-state index in [4.69, 9.17) is 0 Å². The molecule has 2 N–H and O–H groups in total. The molecule has 2 heterocycles. The van der Waals surface area contributed by atoms with Crippen molar-refractivity contribution in [2.45, 2.75) is 32.2 Å². The third-order valence-electron chi connectivity index (χ3n) is 4.65. The van der Waals surface area contributed by atoms with Gasteiger partial charge in [0.2, 0.25) is 5.91 Å². The normalized spacial score (nSPS) is 16.4. The highest BCUT2D eigenvalue weighted by Gasteiger charge is 2.49. The molecule has 0 atom stereocenters. The zero-order valence-electron chi connectivity index (χ0n) is 14.4. The van der Waals surface area contributed by atoms with Gasteiger partial charge in [0.1, 0.15) is 17.6 Å². The maximum absolute atomic E-state index is 12.5. The van der Waals surface area contributed by atoms with Gasteiger partial charge >= 0.3 is 6.03 Å². The minimum absolute atomic E-state index is 0.328. The van der Waals surface area contributed by atoms with Gasteiger partial charge in [0.05, 0.1) is 5.52 Å². The van der Waals surface area contributed by atoms with E-state index in [1.165, 1.54) is 0 Å². The van der Waals surface area contributed by atoms with Gasteiger partial charge < -0.3 is 10.6 Å². The Labute approximate surface area is 144 Å². The highest BCUT2D eigenvalue weighted by atomic mass is 16.2. The number of carbonyl (C=O) groups excluding carboxylic acids is 3. The second-order valence-corrected chi connectivity index (χ2v) is 6.08. The lowest BCUT2D eigenvalue weighted by Gasteiger charge is -2.23. The van der Waals surface area contributed by atoms with Gasteiger partial charge in [-0.3, -0.25) is 14.5 Å². The first-order valence-corrected chi connectivity index (χ1v) is 8.13. The van der Waals surface area contributed by atoms with Crippen LogP contribution in [0.2, 0.25) is 0 Å². The molecule has 1 aliphatic rings. The lowest BCUT2D eigenvalue weighted by molar-refractivity contribution is -0.134. The summed E-state index contributed by atoms with van der Waals surface area (Å²) < 4.78 is 1.63. The summed E-state index contributed by atoms with van der Waals surface area (Å²) in [6.45, 7) is 3.34. The van der Waals surface area contributed by atoms with Gasteiger partial charge in [0.15, 0.2) is 0 Å². The number of hydrogen-bond donors (Lipinski definition) is 2. The number of fused-ring (bicyclic) bond motifs is 1. The molecule has 9 nitrogen and oxygen atoms in total. The van der Waals surface area contributed by atoms with Crippen LogP contribution in [0, 0.1) is 0 Å². The molecule has 0 saturated carbocycles. The number of amides is 4. The van der Waals surface area contributed by atoms with Gasteiger partial charge in [0.25, 0.3) is 5.91 Å². The standard InChI is InChI=1S/C16H20N6O3/c1-4-16(5-2)14(24)22(15(25)18-16)9-13(23)17-10-6-7-12-11(8-10)19-20-21(12)3/h6-8H,4-5,9H2,1-3H3,(H,17,23)(H,18,25). The number of imide groups is 1. The van der Waals surface area contributed by atoms with Crippen LogP contribution < -0.4 is 10.6 Å². The molecule has 1 aliphatic heterocycles. The van der Waals surface area contributed by atoms with E-state index in [1.807, 2.05) is 13.8 Å². The molecule has 1 saturated heterocycles. The molecule has 25 heavy (non-hydrogen) atoms. The monoisotopic (exact) mass is 344 g/mol. The van der Waals surface area contributed by atoms with Crippen molar-refractivity contribution in [3.63, 3.8) is 0 Å². The summed E-state index contributed by atoms with van der Waals surface area (Å²) in [5, 5.41) is 13.3. The molecule has 132 valence electrons. The molecule has 0 radical (unpaired) electrons. The Bertz CT molecular complexity index is 855. The van der Waals surface area contributed by atoms with E-state index in [-0.39, 0.29) is 12.5 Å². The zero-order valence-corrected chi connectivity index (χ0v) is 14.4. The Kier molecular flexibility index (Phi) is 4.15. The average Bonchev–Trinajstić information content (AvgIpc) is 3.07. The first kappa shape index (κ1) is 16.9. The topological polar surface area (TPSA) is 109 Å². The fourth-order valence-corrected chi connectivity index (χ4v) is 3.01. The van der Waals surface area contributed by atoms with Crippen LogP contribution in [0.15, 0.2) is 18.2 Å². The largest absolute Gasteiger partial charge is 0.325 e. The van der Waals surface area contributed by atoms with Crippen molar-refractivity contribution in [1.29, 1.82) is 0 Å². The third-order valence-corrected chi connectivity index (χ3v) is 4.65. The molecular weight excluding hydrogens is 324 g/mol. The molecule has 9 heteroatoms. The number of nitrogens with one attached hydrogen (secondary N) is 2. The number of urea groups is 1. The number of carbonyl (C=O) groups is 3. The predicted molar refractivity (Wildman–Crippen MR) is 90.7 cm³/mol. The number of nitrogens with zero attached hydrogens (tertiary/aromatic N) is 4. The van der Waals surface area contributed by atoms with Crippen LogP contribution in [-0.4, -0.2) is 49.8 Å². The van der Waals surface area contributed by atoms with E-state index in [2.05, 4.69) is 20.9 Å². The Morgan fingerprint density at radius 1 is 1.28 bits per heavy atom. The van der Waals surface area contributed by atoms with Crippen molar-refractivity contribution in [2.24, 2.45) is 7.05 Å². The van der Waals surface area contributed by atoms with Gasteiger partial charge in [-0.2, -0.15) is 0 Å². The number of benzene rings is 1. The third kappa shape index (κ3) is 2.81. The van der Waals surface area contributed by atoms with Gasteiger partial charge in [-0.05, 0) is 31.0 Å². The molecular formula is C16H20N6O3. The van der Waals surface area contributed by atoms with Crippen LogP contribution >= 0.6 is 0 Å². The molecule has 1 aromatic heterocycles. The van der Waals surface area contributed by atoms with Gasteiger partial charge in [-0.25, -0.2) is 9.48 Å². The number of anilines is 1. The van der Waals surface area contributed by atoms with Crippen molar-refractivity contribution in [3.05, 3.63) is 18.2 Å². The number of rotatable bonds is 5. The van der Waals surface area contributed by atoms with Crippen LogP contribution in [0.4, 0.5) is 10.5 Å². The molecule has 1 aromatic carbocycles. The van der Waals surface area contributed by atoms with E-state index in [1.54, 1.807) is 29.9 Å². The van der Waals surface area contributed by atoms with E-state index in [9.17, 15) is 14.4 Å². The minimum atomic E-state index is -0.907. The average molecular weight is 344 g/mol. The Balaban J connectivity index is 1.71. The van der Waals surface area contributed by atoms with Crippen LogP contribution in [0.25, 0.3) is 11.0 Å². The predicted octanol–water partition coefficient (Wildman–Crippen LogP) is 1.02. The van der Waals surface area contributed by atoms with Gasteiger partial charge in [0, 0.05) is 12.7 Å². The lowest BCUT2D eigenvalue weighted by Crippen LogP contribution is -2.46. The number of hydrogen-bond acceptors (Lipinski definition) is 5. The number of aromatic nitrogens is 3. The highest BCUT2D eigenvalue weighted by molar-refractivity contribution is 6.10. The molecule has 2 aromatic rings. The maximum Gasteiger partial charge on any atom is 0.325 e. The lowest BCUT2D eigenvalue weighted by atomic mass is 9.93. The Hall–Kier alpha value is -2.97. The van der Waals surface area contributed by atoms with Crippen LogP contribution in [0.3, 0.4) is 0 Å². The highest BCUT2D eigenvalue weighted by Crippen LogP contribution is 2.25. The SMILES string of the molecule is CCC1(CC)NC(=O)N(CC(=O)Nc2ccc3c(c2)nnn3C)C1=O. The van der Waals surface area contributed by atoms with Crippen LogP contribution in [-0.2, 0) is 16.6 Å². The quantitative estimate of drug-likeness (QED) is 0.787. The van der Waals surface area contributed by atoms with Crippen molar-refractivity contribution >= 4 is 34.6 Å². The minimum Gasteiger partial charge on any atom is -0.324 e. The van der Waals surface area contributed by atoms with Crippen molar-refractivity contribution in [3.8, 4) is 0 Å². The summed E-state index contributed by atoms with van der Waals surface area (Å²) in [5.74, 6) is -0.809. The van der Waals surface area contributed by atoms with E-state index >= 15 is 0 Å². The van der Waals surface area contributed by atoms with E-state index in [0.717, 1.165) is 10.4 Å². The molecule has 0 bridgehead atoms. The van der Waals surface area contributed by atoms with Crippen molar-refractivity contribution < 1.29 is 14.4 Å². The molecule has 0 spiro atoms. The summed E-state index contributed by atoms with van der Waals surface area (Å²) in [7, 11) is 1.78. The number of aryl methyl sites for hydroxylation is 1. The van der Waals surface area contributed by atoms with Gasteiger partial charge in [-0.1, -0.05) is 19.1 Å². The summed E-state index contributed by atoms with van der Waals surface area (Å²) in [6, 6.07) is 4.66. The molecule has 4 amide bonds. The molecule has 3 rings (SSSR count). The van der Waals surface area contributed by atoms with Crippen molar-refractivity contribution in [1.82, 2.24) is 25.2 Å². The second-order valence-electron chi connectivity index (χ2n) is 6.08. The Morgan fingerprint density at radius 3 is 2.64 bits per heavy atom. The maximum atomic E-state index is 12.5. The Morgan fingerprint density at radius 2 is 2.00 bits per heavy atom. The summed E-state index contributed by atoms with van der Waals surface area (Å²) in [4.78, 5) is 37.8. The van der Waals surface area contributed by atoms with E-state index in [0.29, 0.717) is 24.0 Å². The van der Waals surface area contributed by atoms with E-state index < -0.39 is 17.5 Å². The summed E-state index contributed by atoms with van der Waals surface area (Å²) >= 11 is 0. The molecule has 0 unspecified atom stereocenters. The summed E-state index contributed by atoms with van der Waals surface area (Å²) in [5.41, 5.74) is 1.10. The second kappa shape index (κ2) is 6.15. The van der Waals surface area contributed by atoms with Gasteiger partial charge in [-0.15, -0.1) is 5.10 Å². The molecule has 1 fully saturated rings. The van der Waals surface area contributed by atoms with Crippen LogP contribution in [0.1, 0.15) is 26.7 Å². The zero-order chi connectivity index (χ0) is 18.2.